The summed E-state index contributed by atoms with van der Waals surface area (Å²) in [5.74, 6) is -2.84. The van der Waals surface area contributed by atoms with Gasteiger partial charge < -0.3 is 19.6 Å². The Balaban J connectivity index is 2.71. The van der Waals surface area contributed by atoms with E-state index in [4.69, 9.17) is 14.3 Å². The van der Waals surface area contributed by atoms with Crippen LogP contribution in [0.25, 0.3) is 0 Å². The van der Waals surface area contributed by atoms with E-state index in [2.05, 4.69) is 5.32 Å². The Morgan fingerprint density at radius 2 is 1.46 bits per heavy atom. The van der Waals surface area contributed by atoms with Crippen molar-refractivity contribution in [1.82, 2.24) is 10.4 Å². The highest BCUT2D eigenvalue weighted by atomic mass is 16.7. The van der Waals surface area contributed by atoms with Gasteiger partial charge in [0.05, 0.1) is 6.42 Å². The molecule has 1 aliphatic heterocycles. The first-order valence-corrected chi connectivity index (χ1v) is 8.97. The van der Waals surface area contributed by atoms with Crippen LogP contribution in [0.2, 0.25) is 0 Å². The van der Waals surface area contributed by atoms with Crippen molar-refractivity contribution in [2.75, 3.05) is 0 Å². The van der Waals surface area contributed by atoms with Gasteiger partial charge in [0.2, 0.25) is 0 Å². The monoisotopic (exact) mass is 400 g/mol. The standard InChI is InChI=1S/C18H28N2O8/c1-17(2,3)26-15(24)11(19-16(25)27-18(4,5)6)7-10-14(23)28-20-12(21)8-9-13(20)22/h11H,7-10H2,1-6H3,(H,19,25). The van der Waals surface area contributed by atoms with Crippen LogP contribution in [0, 0.1) is 0 Å². The molecule has 1 N–H and O–H groups in total. The first kappa shape index (κ1) is 23.4. The summed E-state index contributed by atoms with van der Waals surface area (Å²) in [4.78, 5) is 64.0. The van der Waals surface area contributed by atoms with E-state index >= 15 is 0 Å². The molecule has 0 saturated carbocycles. The van der Waals surface area contributed by atoms with Crippen molar-refractivity contribution in [2.45, 2.75) is 84.5 Å². The van der Waals surface area contributed by atoms with Crippen molar-refractivity contribution < 1.29 is 38.3 Å². The number of hydrogen-bond acceptors (Lipinski definition) is 8. The number of hydrogen-bond donors (Lipinski definition) is 1. The number of esters is 1. The number of rotatable bonds is 6. The number of ether oxygens (including phenoxy) is 2. The summed E-state index contributed by atoms with van der Waals surface area (Å²) in [6, 6.07) is -1.17. The molecule has 28 heavy (non-hydrogen) atoms. The van der Waals surface area contributed by atoms with E-state index in [1.807, 2.05) is 0 Å². The van der Waals surface area contributed by atoms with Gasteiger partial charge in [-0.3, -0.25) is 9.59 Å². The SMILES string of the molecule is CC(C)(C)OC(=O)NC(CCC(=O)ON1C(=O)CCC1=O)C(=O)OC(C)(C)C. The van der Waals surface area contributed by atoms with Crippen LogP contribution in [0.5, 0.6) is 0 Å². The van der Waals surface area contributed by atoms with Gasteiger partial charge in [0.25, 0.3) is 11.8 Å². The Morgan fingerprint density at radius 1 is 0.964 bits per heavy atom. The molecule has 1 fully saturated rings. The molecule has 10 nitrogen and oxygen atoms in total. The van der Waals surface area contributed by atoms with Crippen LogP contribution >= 0.6 is 0 Å². The van der Waals surface area contributed by atoms with E-state index in [9.17, 15) is 24.0 Å². The van der Waals surface area contributed by atoms with Crippen LogP contribution in [0.4, 0.5) is 4.79 Å². The van der Waals surface area contributed by atoms with Gasteiger partial charge in [-0.15, -0.1) is 5.06 Å². The highest BCUT2D eigenvalue weighted by Gasteiger charge is 2.34. The number of carbonyl (C=O) groups is 5. The predicted molar refractivity (Wildman–Crippen MR) is 95.4 cm³/mol. The maximum atomic E-state index is 12.4. The van der Waals surface area contributed by atoms with E-state index in [-0.39, 0.29) is 25.7 Å². The number of nitrogens with zero attached hydrogens (tertiary/aromatic N) is 1. The summed E-state index contributed by atoms with van der Waals surface area (Å²) in [5, 5.41) is 2.79. The molecule has 0 aromatic carbocycles. The van der Waals surface area contributed by atoms with Crippen molar-refractivity contribution in [1.29, 1.82) is 0 Å². The van der Waals surface area contributed by atoms with Gasteiger partial charge in [-0.25, -0.2) is 14.4 Å². The molecule has 158 valence electrons. The first-order valence-electron chi connectivity index (χ1n) is 8.97. The van der Waals surface area contributed by atoms with Crippen LogP contribution < -0.4 is 5.32 Å². The number of carbonyl (C=O) groups excluding carboxylic acids is 5. The van der Waals surface area contributed by atoms with Crippen molar-refractivity contribution in [3.8, 4) is 0 Å². The lowest BCUT2D eigenvalue weighted by molar-refractivity contribution is -0.197. The van der Waals surface area contributed by atoms with Crippen LogP contribution in [0.15, 0.2) is 0 Å². The van der Waals surface area contributed by atoms with Crippen LogP contribution in [-0.2, 0) is 33.5 Å². The molecule has 1 atom stereocenters. The predicted octanol–water partition coefficient (Wildman–Crippen LogP) is 1.61. The Morgan fingerprint density at radius 3 is 1.93 bits per heavy atom. The highest BCUT2D eigenvalue weighted by Crippen LogP contribution is 2.15. The van der Waals surface area contributed by atoms with Gasteiger partial charge in [0.15, 0.2) is 0 Å². The molecule has 0 aromatic heterocycles. The van der Waals surface area contributed by atoms with E-state index in [0.717, 1.165) is 0 Å². The van der Waals surface area contributed by atoms with E-state index in [1.165, 1.54) is 0 Å². The van der Waals surface area contributed by atoms with Gasteiger partial charge in [-0.2, -0.15) is 0 Å². The Hall–Kier alpha value is -2.65. The van der Waals surface area contributed by atoms with Gasteiger partial charge in [0.1, 0.15) is 17.2 Å². The first-order chi connectivity index (χ1) is 12.7. The molecule has 1 saturated heterocycles. The summed E-state index contributed by atoms with van der Waals surface area (Å²) in [6.07, 6.45) is -1.39. The zero-order valence-electron chi connectivity index (χ0n) is 17.1. The zero-order chi connectivity index (χ0) is 21.7. The van der Waals surface area contributed by atoms with Crippen molar-refractivity contribution in [3.05, 3.63) is 0 Å². The van der Waals surface area contributed by atoms with E-state index in [0.29, 0.717) is 5.06 Å². The molecular formula is C18H28N2O8. The van der Waals surface area contributed by atoms with Crippen molar-refractivity contribution in [3.63, 3.8) is 0 Å². The normalized spacial score (nSPS) is 15.9. The van der Waals surface area contributed by atoms with Crippen LogP contribution in [0.3, 0.4) is 0 Å². The minimum absolute atomic E-state index is 0.0210. The van der Waals surface area contributed by atoms with Crippen LogP contribution in [-0.4, -0.2) is 52.2 Å². The lowest BCUT2D eigenvalue weighted by Gasteiger charge is -2.26. The highest BCUT2D eigenvalue weighted by molar-refractivity contribution is 6.01. The minimum atomic E-state index is -1.17. The molecule has 1 rings (SSSR count). The molecular weight excluding hydrogens is 372 g/mol. The Labute approximate surface area is 163 Å². The molecule has 10 heteroatoms. The average molecular weight is 400 g/mol. The fraction of sp³-hybridized carbons (Fsp3) is 0.722. The maximum absolute atomic E-state index is 12.4. The van der Waals surface area contributed by atoms with Crippen molar-refractivity contribution in [2.24, 2.45) is 0 Å². The number of hydroxylamine groups is 2. The number of nitrogens with one attached hydrogen (secondary N) is 1. The molecule has 1 heterocycles. The van der Waals surface area contributed by atoms with Crippen molar-refractivity contribution >= 4 is 29.8 Å². The summed E-state index contributed by atoms with van der Waals surface area (Å²) >= 11 is 0. The molecule has 0 bridgehead atoms. The van der Waals surface area contributed by atoms with Gasteiger partial charge >= 0.3 is 18.0 Å². The lowest BCUT2D eigenvalue weighted by atomic mass is 10.1. The second kappa shape index (κ2) is 9.03. The molecule has 1 aliphatic rings. The largest absolute Gasteiger partial charge is 0.458 e. The smallest absolute Gasteiger partial charge is 0.408 e. The quantitative estimate of drug-likeness (QED) is 0.526. The second-order valence-electron chi connectivity index (χ2n) is 8.32. The molecule has 1 unspecified atom stereocenters. The molecule has 0 spiro atoms. The van der Waals surface area contributed by atoms with Gasteiger partial charge in [-0.05, 0) is 48.0 Å². The average Bonchev–Trinajstić information content (AvgIpc) is 2.79. The second-order valence-corrected chi connectivity index (χ2v) is 8.32. The van der Waals surface area contributed by atoms with E-state index in [1.54, 1.807) is 41.5 Å². The number of imide groups is 1. The third-order valence-electron chi connectivity index (χ3n) is 3.22. The van der Waals surface area contributed by atoms with Gasteiger partial charge in [0, 0.05) is 12.8 Å². The minimum Gasteiger partial charge on any atom is -0.458 e. The van der Waals surface area contributed by atoms with Crippen LogP contribution in [0.1, 0.15) is 67.2 Å². The fourth-order valence-electron chi connectivity index (χ4n) is 2.14. The lowest BCUT2D eigenvalue weighted by Crippen LogP contribution is -2.46. The summed E-state index contributed by atoms with van der Waals surface area (Å²) in [5.41, 5.74) is -1.59. The summed E-state index contributed by atoms with van der Waals surface area (Å²) < 4.78 is 10.4. The third kappa shape index (κ3) is 8.36. The number of alkyl carbamates (subject to hydrolysis) is 1. The molecule has 3 amide bonds. The topological polar surface area (TPSA) is 128 Å². The summed E-state index contributed by atoms with van der Waals surface area (Å²) in [7, 11) is 0. The number of amides is 3. The maximum Gasteiger partial charge on any atom is 0.408 e. The Kier molecular flexibility index (Phi) is 7.54. The van der Waals surface area contributed by atoms with E-state index < -0.39 is 47.1 Å². The Bertz CT molecular complexity index is 629. The molecule has 0 radical (unpaired) electrons. The molecule has 0 aliphatic carbocycles. The fourth-order valence-corrected chi connectivity index (χ4v) is 2.14. The van der Waals surface area contributed by atoms with Gasteiger partial charge in [-0.1, -0.05) is 0 Å². The third-order valence-corrected chi connectivity index (χ3v) is 3.22. The summed E-state index contributed by atoms with van der Waals surface area (Å²) in [6.45, 7) is 9.97. The molecule has 0 aromatic rings. The zero-order valence-corrected chi connectivity index (χ0v) is 17.1.